The van der Waals surface area contributed by atoms with Gasteiger partial charge in [-0.2, -0.15) is 0 Å². The molecule has 0 unspecified atom stereocenters. The Kier molecular flexibility index (Phi) is 5.57. The number of halogens is 1. The van der Waals surface area contributed by atoms with Gasteiger partial charge in [0.2, 0.25) is 0 Å². The quantitative estimate of drug-likeness (QED) is 0.485. The Morgan fingerprint density at radius 2 is 1.48 bits per heavy atom. The molecule has 2 atom stereocenters. The first-order valence-electron chi connectivity index (χ1n) is 8.43. The summed E-state index contributed by atoms with van der Waals surface area (Å²) in [6.07, 6.45) is 2.02. The molecule has 3 aromatic rings. The molecule has 0 heterocycles. The zero-order valence-electron chi connectivity index (χ0n) is 14.3. The van der Waals surface area contributed by atoms with Gasteiger partial charge in [-0.15, -0.1) is 6.58 Å². The van der Waals surface area contributed by atoms with E-state index in [4.69, 9.17) is 11.6 Å². The molecule has 0 aliphatic rings. The summed E-state index contributed by atoms with van der Waals surface area (Å²) in [5, 5.41) is 4.40. The van der Waals surface area contributed by atoms with E-state index in [1.807, 2.05) is 36.4 Å². The second kappa shape index (κ2) is 8.04. The van der Waals surface area contributed by atoms with Crippen molar-refractivity contribution in [1.82, 2.24) is 0 Å². The summed E-state index contributed by atoms with van der Waals surface area (Å²) in [5.41, 5.74) is 4.76. The van der Waals surface area contributed by atoms with Crippen LogP contribution in [0.2, 0.25) is 5.02 Å². The number of anilines is 1. The largest absolute Gasteiger partial charge is 0.377 e. The zero-order valence-corrected chi connectivity index (χ0v) is 15.1. The first kappa shape index (κ1) is 17.3. The Bertz CT molecular complexity index is 807. The van der Waals surface area contributed by atoms with E-state index in [1.54, 1.807) is 0 Å². The highest BCUT2D eigenvalue weighted by Gasteiger charge is 2.22. The zero-order chi connectivity index (χ0) is 17.6. The first-order valence-corrected chi connectivity index (χ1v) is 8.81. The molecule has 0 bridgehead atoms. The van der Waals surface area contributed by atoms with Gasteiger partial charge in [0.15, 0.2) is 0 Å². The standard InChI is InChI=1S/C23H22ClN/c1-3-22(18-7-5-4-6-8-18)23(19-11-9-17(2)10-12-19)25-21-15-13-20(24)14-16-21/h3-16,22-23,25H,1H2,2H3/t22-,23-/m1/s1. The van der Waals surface area contributed by atoms with E-state index < -0.39 is 0 Å². The summed E-state index contributed by atoms with van der Waals surface area (Å²) < 4.78 is 0. The molecule has 25 heavy (non-hydrogen) atoms. The van der Waals surface area contributed by atoms with Gasteiger partial charge in [-0.05, 0) is 42.3 Å². The minimum atomic E-state index is 0.0849. The van der Waals surface area contributed by atoms with Crippen LogP contribution in [0.25, 0.3) is 0 Å². The number of nitrogens with one attached hydrogen (secondary N) is 1. The van der Waals surface area contributed by atoms with Gasteiger partial charge in [0, 0.05) is 16.6 Å². The van der Waals surface area contributed by atoms with Crippen molar-refractivity contribution in [2.75, 3.05) is 5.32 Å². The number of rotatable bonds is 6. The lowest BCUT2D eigenvalue weighted by Crippen LogP contribution is -2.18. The maximum Gasteiger partial charge on any atom is 0.0616 e. The van der Waals surface area contributed by atoms with Crippen LogP contribution < -0.4 is 5.32 Å². The van der Waals surface area contributed by atoms with E-state index in [2.05, 4.69) is 67.4 Å². The molecule has 126 valence electrons. The summed E-state index contributed by atoms with van der Waals surface area (Å²) in [6.45, 7) is 6.20. The van der Waals surface area contributed by atoms with Gasteiger partial charge < -0.3 is 5.32 Å². The SMILES string of the molecule is C=C[C@H](c1ccccc1)[C@H](Nc1ccc(Cl)cc1)c1ccc(C)cc1. The van der Waals surface area contributed by atoms with E-state index in [0.29, 0.717) is 0 Å². The number of benzene rings is 3. The molecular weight excluding hydrogens is 326 g/mol. The molecule has 1 N–H and O–H groups in total. The third-order valence-electron chi connectivity index (χ3n) is 4.40. The molecule has 0 aromatic heterocycles. The first-order chi connectivity index (χ1) is 12.2. The summed E-state index contributed by atoms with van der Waals surface area (Å²) in [4.78, 5) is 0. The number of hydrogen-bond acceptors (Lipinski definition) is 1. The van der Waals surface area contributed by atoms with Crippen LogP contribution in [0, 0.1) is 6.92 Å². The molecule has 3 rings (SSSR count). The summed E-state index contributed by atoms with van der Waals surface area (Å²) in [6, 6.07) is 27.1. The average molecular weight is 348 g/mol. The van der Waals surface area contributed by atoms with Crippen LogP contribution in [0.1, 0.15) is 28.7 Å². The topological polar surface area (TPSA) is 12.0 Å². The van der Waals surface area contributed by atoms with E-state index in [-0.39, 0.29) is 12.0 Å². The summed E-state index contributed by atoms with van der Waals surface area (Å²) in [5.74, 6) is 0.152. The molecule has 1 nitrogen and oxygen atoms in total. The van der Waals surface area contributed by atoms with Gasteiger partial charge in [-0.1, -0.05) is 77.8 Å². The molecular formula is C23H22ClN. The Labute approximate surface area is 155 Å². The summed E-state index contributed by atoms with van der Waals surface area (Å²) in [7, 11) is 0. The van der Waals surface area contributed by atoms with Gasteiger partial charge in [-0.3, -0.25) is 0 Å². The van der Waals surface area contributed by atoms with Gasteiger partial charge >= 0.3 is 0 Å². The van der Waals surface area contributed by atoms with Crippen LogP contribution in [0.4, 0.5) is 5.69 Å². The summed E-state index contributed by atoms with van der Waals surface area (Å²) >= 11 is 6.02. The normalized spacial score (nSPS) is 13.0. The lowest BCUT2D eigenvalue weighted by Gasteiger charge is -2.28. The van der Waals surface area contributed by atoms with Crippen LogP contribution in [0.15, 0.2) is 91.5 Å². The third kappa shape index (κ3) is 4.32. The van der Waals surface area contributed by atoms with Crippen molar-refractivity contribution in [3.8, 4) is 0 Å². The molecule has 3 aromatic carbocycles. The Balaban J connectivity index is 1.99. The highest BCUT2D eigenvalue weighted by atomic mass is 35.5. The monoisotopic (exact) mass is 347 g/mol. The van der Waals surface area contributed by atoms with E-state index in [9.17, 15) is 0 Å². The molecule has 0 radical (unpaired) electrons. The van der Waals surface area contributed by atoms with Crippen molar-refractivity contribution in [2.45, 2.75) is 18.9 Å². The van der Waals surface area contributed by atoms with E-state index in [1.165, 1.54) is 16.7 Å². The maximum atomic E-state index is 6.02. The highest BCUT2D eigenvalue weighted by Crippen LogP contribution is 2.35. The Morgan fingerprint density at radius 3 is 2.08 bits per heavy atom. The fourth-order valence-electron chi connectivity index (χ4n) is 3.02. The molecule has 0 spiro atoms. The van der Waals surface area contributed by atoms with E-state index in [0.717, 1.165) is 10.7 Å². The van der Waals surface area contributed by atoms with Gasteiger partial charge in [0.05, 0.1) is 6.04 Å². The Morgan fingerprint density at radius 1 is 0.840 bits per heavy atom. The van der Waals surface area contributed by atoms with Crippen molar-refractivity contribution in [3.05, 3.63) is 113 Å². The van der Waals surface area contributed by atoms with Crippen LogP contribution in [-0.4, -0.2) is 0 Å². The van der Waals surface area contributed by atoms with Crippen molar-refractivity contribution < 1.29 is 0 Å². The predicted octanol–water partition coefficient (Wildman–Crippen LogP) is 6.77. The molecule has 0 saturated carbocycles. The predicted molar refractivity (Wildman–Crippen MR) is 108 cm³/mol. The Hall–Kier alpha value is -2.51. The maximum absolute atomic E-state index is 6.02. The van der Waals surface area contributed by atoms with Crippen LogP contribution in [0.5, 0.6) is 0 Å². The molecule has 0 aliphatic heterocycles. The lowest BCUT2D eigenvalue weighted by atomic mass is 9.86. The van der Waals surface area contributed by atoms with Crippen LogP contribution >= 0.6 is 11.6 Å². The van der Waals surface area contributed by atoms with Crippen molar-refractivity contribution in [3.63, 3.8) is 0 Å². The minimum Gasteiger partial charge on any atom is -0.377 e. The smallest absolute Gasteiger partial charge is 0.0616 e. The van der Waals surface area contributed by atoms with E-state index >= 15 is 0 Å². The molecule has 0 aliphatic carbocycles. The molecule has 0 fully saturated rings. The van der Waals surface area contributed by atoms with Gasteiger partial charge in [0.25, 0.3) is 0 Å². The number of aryl methyl sites for hydroxylation is 1. The van der Waals surface area contributed by atoms with Crippen LogP contribution in [0.3, 0.4) is 0 Å². The molecule has 0 amide bonds. The molecule has 2 heteroatoms. The van der Waals surface area contributed by atoms with Crippen LogP contribution in [-0.2, 0) is 0 Å². The second-order valence-corrected chi connectivity index (χ2v) is 6.65. The van der Waals surface area contributed by atoms with Crippen molar-refractivity contribution in [1.29, 1.82) is 0 Å². The molecule has 0 saturated heterocycles. The highest BCUT2D eigenvalue weighted by molar-refractivity contribution is 6.30. The third-order valence-corrected chi connectivity index (χ3v) is 4.65. The van der Waals surface area contributed by atoms with Gasteiger partial charge in [-0.25, -0.2) is 0 Å². The van der Waals surface area contributed by atoms with Crippen molar-refractivity contribution >= 4 is 17.3 Å². The second-order valence-electron chi connectivity index (χ2n) is 6.21. The fourth-order valence-corrected chi connectivity index (χ4v) is 3.15. The van der Waals surface area contributed by atoms with Crippen molar-refractivity contribution in [2.24, 2.45) is 0 Å². The fraction of sp³-hybridized carbons (Fsp3) is 0.130. The minimum absolute atomic E-state index is 0.0849. The number of hydrogen-bond donors (Lipinski definition) is 1. The lowest BCUT2D eigenvalue weighted by molar-refractivity contribution is 0.692. The average Bonchev–Trinajstić information content (AvgIpc) is 2.65. The van der Waals surface area contributed by atoms with Gasteiger partial charge in [0.1, 0.15) is 0 Å².